The third-order valence-corrected chi connectivity index (χ3v) is 1.56. The summed E-state index contributed by atoms with van der Waals surface area (Å²) in [5.41, 5.74) is 1.17. The SMILES string of the molecule is C=Cc1ccc(P)cc1.CC. The lowest BCUT2D eigenvalue weighted by molar-refractivity contribution is 1.50. The highest BCUT2D eigenvalue weighted by Crippen LogP contribution is 1.99. The van der Waals surface area contributed by atoms with Gasteiger partial charge in [0.25, 0.3) is 0 Å². The Hall–Kier alpha value is -0.610. The molecule has 0 fully saturated rings. The topological polar surface area (TPSA) is 0 Å². The zero-order valence-corrected chi connectivity index (χ0v) is 8.33. The van der Waals surface area contributed by atoms with Crippen LogP contribution in [-0.4, -0.2) is 0 Å². The Balaban J connectivity index is 0.000000461. The van der Waals surface area contributed by atoms with E-state index in [1.807, 2.05) is 44.2 Å². The molecule has 0 spiro atoms. The maximum absolute atomic E-state index is 3.65. The van der Waals surface area contributed by atoms with Crippen molar-refractivity contribution in [1.29, 1.82) is 0 Å². The van der Waals surface area contributed by atoms with Gasteiger partial charge in [-0.1, -0.05) is 50.8 Å². The first kappa shape index (κ1) is 10.4. The Labute approximate surface area is 71.5 Å². The van der Waals surface area contributed by atoms with Crippen LogP contribution in [0.4, 0.5) is 0 Å². The van der Waals surface area contributed by atoms with Crippen molar-refractivity contribution >= 4 is 20.6 Å². The van der Waals surface area contributed by atoms with Gasteiger partial charge in [0.05, 0.1) is 0 Å². The van der Waals surface area contributed by atoms with E-state index in [-0.39, 0.29) is 0 Å². The molecule has 1 heteroatoms. The fourth-order valence-electron chi connectivity index (χ4n) is 0.632. The molecular weight excluding hydrogens is 151 g/mol. The van der Waals surface area contributed by atoms with Crippen LogP contribution >= 0.6 is 9.24 Å². The van der Waals surface area contributed by atoms with E-state index in [1.165, 1.54) is 10.9 Å². The largest absolute Gasteiger partial charge is 0.106 e. The molecule has 60 valence electrons. The van der Waals surface area contributed by atoms with E-state index in [2.05, 4.69) is 15.8 Å². The van der Waals surface area contributed by atoms with Crippen LogP contribution in [0.3, 0.4) is 0 Å². The Bertz CT molecular complexity index is 199. The lowest BCUT2D eigenvalue weighted by Gasteiger charge is -1.91. The molecule has 0 saturated heterocycles. The van der Waals surface area contributed by atoms with Crippen molar-refractivity contribution in [1.82, 2.24) is 0 Å². The summed E-state index contributed by atoms with van der Waals surface area (Å²) in [5.74, 6) is 0. The summed E-state index contributed by atoms with van der Waals surface area (Å²) in [6, 6.07) is 8.16. The lowest BCUT2D eigenvalue weighted by Crippen LogP contribution is -1.86. The van der Waals surface area contributed by atoms with E-state index in [1.54, 1.807) is 0 Å². The highest BCUT2D eigenvalue weighted by Gasteiger charge is 1.82. The molecule has 1 aromatic carbocycles. The third kappa shape index (κ3) is 3.95. The zero-order valence-electron chi connectivity index (χ0n) is 7.17. The van der Waals surface area contributed by atoms with E-state index in [0.717, 1.165) is 0 Å². The smallest absolute Gasteiger partial charge is 0.0262 e. The zero-order chi connectivity index (χ0) is 8.69. The minimum atomic E-state index is 1.17. The van der Waals surface area contributed by atoms with Gasteiger partial charge in [0, 0.05) is 0 Å². The van der Waals surface area contributed by atoms with E-state index in [0.29, 0.717) is 0 Å². The predicted octanol–water partition coefficient (Wildman–Crippen LogP) is 2.86. The molecule has 0 saturated carbocycles. The van der Waals surface area contributed by atoms with Crippen LogP contribution < -0.4 is 5.30 Å². The molecule has 0 aromatic heterocycles. The Morgan fingerprint density at radius 3 is 2.00 bits per heavy atom. The minimum absolute atomic E-state index is 1.17. The summed E-state index contributed by atoms with van der Waals surface area (Å²) in [6.45, 7) is 7.65. The van der Waals surface area contributed by atoms with Crippen LogP contribution in [0, 0.1) is 0 Å². The first-order chi connectivity index (χ1) is 5.33. The highest BCUT2D eigenvalue weighted by molar-refractivity contribution is 7.27. The summed E-state index contributed by atoms with van der Waals surface area (Å²) in [7, 11) is 2.64. The van der Waals surface area contributed by atoms with E-state index in [9.17, 15) is 0 Å². The maximum Gasteiger partial charge on any atom is -0.0262 e. The summed E-state index contributed by atoms with van der Waals surface area (Å²) >= 11 is 0. The van der Waals surface area contributed by atoms with Crippen LogP contribution in [0.25, 0.3) is 6.08 Å². The van der Waals surface area contributed by atoms with Crippen molar-refractivity contribution in [2.24, 2.45) is 0 Å². The molecule has 0 nitrogen and oxygen atoms in total. The molecule has 0 aliphatic heterocycles. The molecule has 0 aliphatic rings. The average molecular weight is 166 g/mol. The normalized spacial score (nSPS) is 7.91. The fourth-order valence-corrected chi connectivity index (χ4v) is 0.825. The van der Waals surface area contributed by atoms with Gasteiger partial charge in [-0.25, -0.2) is 0 Å². The average Bonchev–Trinajstić information content (AvgIpc) is 2.10. The first-order valence-corrected chi connectivity index (χ1v) is 4.38. The second-order valence-corrected chi connectivity index (χ2v) is 2.54. The Morgan fingerprint density at radius 2 is 1.64 bits per heavy atom. The molecule has 0 aliphatic carbocycles. The molecule has 1 atom stereocenters. The second-order valence-electron chi connectivity index (χ2n) is 1.87. The van der Waals surface area contributed by atoms with Crippen molar-refractivity contribution in [3.05, 3.63) is 36.4 Å². The summed E-state index contributed by atoms with van der Waals surface area (Å²) in [5, 5.41) is 1.21. The van der Waals surface area contributed by atoms with Crippen LogP contribution in [0.5, 0.6) is 0 Å². The Morgan fingerprint density at radius 1 is 1.18 bits per heavy atom. The first-order valence-electron chi connectivity index (χ1n) is 3.81. The van der Waals surface area contributed by atoms with Crippen molar-refractivity contribution in [3.63, 3.8) is 0 Å². The van der Waals surface area contributed by atoms with Crippen molar-refractivity contribution < 1.29 is 0 Å². The van der Waals surface area contributed by atoms with Gasteiger partial charge in [0.15, 0.2) is 0 Å². The fraction of sp³-hybridized carbons (Fsp3) is 0.200. The van der Waals surface area contributed by atoms with Crippen LogP contribution in [-0.2, 0) is 0 Å². The molecular formula is C10H15P. The number of benzene rings is 1. The number of hydrogen-bond donors (Lipinski definition) is 0. The molecule has 0 radical (unpaired) electrons. The quantitative estimate of drug-likeness (QED) is 0.563. The molecule has 0 amide bonds. The van der Waals surface area contributed by atoms with Gasteiger partial charge in [-0.15, -0.1) is 9.24 Å². The summed E-state index contributed by atoms with van der Waals surface area (Å²) in [4.78, 5) is 0. The Kier molecular flexibility index (Phi) is 5.78. The van der Waals surface area contributed by atoms with E-state index < -0.39 is 0 Å². The van der Waals surface area contributed by atoms with Crippen molar-refractivity contribution in [2.45, 2.75) is 13.8 Å². The molecule has 11 heavy (non-hydrogen) atoms. The van der Waals surface area contributed by atoms with Gasteiger partial charge >= 0.3 is 0 Å². The maximum atomic E-state index is 3.65. The van der Waals surface area contributed by atoms with E-state index in [4.69, 9.17) is 0 Å². The number of hydrogen-bond acceptors (Lipinski definition) is 0. The van der Waals surface area contributed by atoms with E-state index >= 15 is 0 Å². The molecule has 1 rings (SSSR count). The molecule has 0 N–H and O–H groups in total. The standard InChI is InChI=1S/C8H9P.C2H6/c1-2-7-3-5-8(9)6-4-7;1-2/h2-6H,1,9H2;1-2H3. The van der Waals surface area contributed by atoms with Gasteiger partial charge in [-0.3, -0.25) is 0 Å². The lowest BCUT2D eigenvalue weighted by atomic mass is 10.2. The highest BCUT2D eigenvalue weighted by atomic mass is 31.0. The second kappa shape index (κ2) is 6.12. The minimum Gasteiger partial charge on any atom is -0.106 e. The molecule has 0 bridgehead atoms. The van der Waals surface area contributed by atoms with Gasteiger partial charge < -0.3 is 0 Å². The van der Waals surface area contributed by atoms with Crippen LogP contribution in [0.2, 0.25) is 0 Å². The van der Waals surface area contributed by atoms with Crippen molar-refractivity contribution in [2.75, 3.05) is 0 Å². The molecule has 0 heterocycles. The van der Waals surface area contributed by atoms with Crippen LogP contribution in [0.15, 0.2) is 30.8 Å². The summed E-state index contributed by atoms with van der Waals surface area (Å²) in [6.07, 6.45) is 1.84. The van der Waals surface area contributed by atoms with Crippen LogP contribution in [0.1, 0.15) is 19.4 Å². The third-order valence-electron chi connectivity index (χ3n) is 1.17. The van der Waals surface area contributed by atoms with Crippen molar-refractivity contribution in [3.8, 4) is 0 Å². The monoisotopic (exact) mass is 166 g/mol. The van der Waals surface area contributed by atoms with Gasteiger partial charge in [-0.2, -0.15) is 0 Å². The number of rotatable bonds is 1. The van der Waals surface area contributed by atoms with Gasteiger partial charge in [0.2, 0.25) is 0 Å². The van der Waals surface area contributed by atoms with Gasteiger partial charge in [0.1, 0.15) is 0 Å². The summed E-state index contributed by atoms with van der Waals surface area (Å²) < 4.78 is 0. The predicted molar refractivity (Wildman–Crippen MR) is 57.2 cm³/mol. The molecule has 1 aromatic rings. The molecule has 1 unspecified atom stereocenters. The van der Waals surface area contributed by atoms with Gasteiger partial charge in [-0.05, 0) is 10.9 Å².